The fraction of sp³-hybridized carbons (Fsp3) is 0. The van der Waals surface area contributed by atoms with Gasteiger partial charge in [-0.1, -0.05) is 90.0 Å². The summed E-state index contributed by atoms with van der Waals surface area (Å²) >= 11 is 0. The summed E-state index contributed by atoms with van der Waals surface area (Å²) in [5, 5.41) is 10.8. The quantitative estimate of drug-likeness (QED) is 0.182. The number of aromatic hydroxyl groups is 1. The molecule has 0 fully saturated rings. The second-order valence-electron chi connectivity index (χ2n) is 9.49. The van der Waals surface area contributed by atoms with Crippen LogP contribution in [0.4, 0.5) is 0 Å². The van der Waals surface area contributed by atoms with Gasteiger partial charge >= 0.3 is 0 Å². The van der Waals surface area contributed by atoms with Crippen molar-refractivity contribution < 1.29 is 27.5 Å². The van der Waals surface area contributed by atoms with Crippen molar-refractivity contribution in [3.63, 3.8) is 0 Å². The zero-order valence-corrected chi connectivity index (χ0v) is 24.1. The van der Waals surface area contributed by atoms with Crippen LogP contribution in [0.15, 0.2) is 140 Å². The Hall–Kier alpha value is -4.79. The van der Waals surface area contributed by atoms with Gasteiger partial charge in [0.05, 0.1) is 18.0 Å². The number of imidazole rings is 1. The predicted molar refractivity (Wildman–Crippen MR) is 161 cm³/mol. The predicted octanol–water partition coefficient (Wildman–Crippen LogP) is 8.59. The first-order valence-electron chi connectivity index (χ1n) is 13.6. The molecule has 1 N–H and O–H groups in total. The Morgan fingerprint density at radius 2 is 1.37 bits per heavy atom. The summed E-state index contributed by atoms with van der Waals surface area (Å²) in [6.45, 7) is 0. The monoisotopic (exact) mass is 710 g/mol. The van der Waals surface area contributed by atoms with Crippen LogP contribution in [0.2, 0.25) is 0 Å². The molecule has 0 amide bonds. The third kappa shape index (κ3) is 4.99. The third-order valence-electron chi connectivity index (χ3n) is 7.00. The van der Waals surface area contributed by atoms with Gasteiger partial charge in [0, 0.05) is 38.6 Å². The Bertz CT molecular complexity index is 2020. The third-order valence-corrected chi connectivity index (χ3v) is 7.00. The van der Waals surface area contributed by atoms with Crippen LogP contribution in [0.5, 0.6) is 5.75 Å². The first kappa shape index (κ1) is 25.2. The molecule has 5 heteroatoms. The van der Waals surface area contributed by atoms with Crippen molar-refractivity contribution in [1.29, 1.82) is 0 Å². The summed E-state index contributed by atoms with van der Waals surface area (Å²) in [5.74, 6) is 0.835. The minimum absolute atomic E-state index is 0. The van der Waals surface area contributed by atoms with Crippen molar-refractivity contribution in [2.45, 2.75) is 0 Å². The molecule has 200 valence electrons. The molecule has 41 heavy (non-hydrogen) atoms. The van der Waals surface area contributed by atoms with Crippen LogP contribution in [0, 0.1) is 6.07 Å². The molecule has 5 aromatic carbocycles. The molecule has 0 bridgehead atoms. The molecule has 0 aliphatic carbocycles. The Morgan fingerprint density at radius 1 is 0.683 bits per heavy atom. The van der Waals surface area contributed by atoms with E-state index in [0.717, 1.165) is 50.2 Å². The number of hydrogen-bond donors (Lipinski definition) is 1. The number of rotatable bonds is 5. The maximum Gasteiger partial charge on any atom is 0.148 e. The zero-order valence-electron chi connectivity index (χ0n) is 22.8. The van der Waals surface area contributed by atoms with E-state index in [9.17, 15) is 5.11 Å². The van der Waals surface area contributed by atoms with E-state index in [1.54, 1.807) is 12.3 Å². The molecule has 4 nitrogen and oxygen atoms in total. The summed E-state index contributed by atoms with van der Waals surface area (Å²) < 4.78 is 10.5. The fourth-order valence-electron chi connectivity index (χ4n) is 5.09. The van der Waals surface area contributed by atoms with E-state index in [1.807, 2.05) is 121 Å². The minimum atomic E-state index is 0. The fourth-order valence-corrected chi connectivity index (χ4v) is 5.09. The van der Waals surface area contributed by atoms with Crippen molar-refractivity contribution in [3.8, 4) is 56.3 Å². The van der Waals surface area contributed by atoms with Gasteiger partial charge in [0.2, 0.25) is 0 Å². The Balaban J connectivity index is 0.00000316. The number of phenolic OH excluding ortho intramolecular Hbond substituents is 1. The molecule has 7 aromatic rings. The van der Waals surface area contributed by atoms with Crippen LogP contribution >= 0.6 is 0 Å². The summed E-state index contributed by atoms with van der Waals surface area (Å²) in [6.07, 6.45) is 1.60. The zero-order chi connectivity index (χ0) is 27.8. The van der Waals surface area contributed by atoms with Crippen molar-refractivity contribution in [1.82, 2.24) is 14.5 Å². The number of para-hydroxylation sites is 3. The standard InChI is InChI=1S/C36H24N3O.Pt/c40-34-20-8-7-17-31(34)36-38-35-30(18-10-19-33(35)39(36)29-15-5-2-6-16-29)27-13-9-14-28(23-27)32-24-26(21-22-37-32)25-11-3-1-4-12-25;/h1-22,24,40H;/q-1;/i21D;. The number of benzene rings is 5. The number of nitrogens with zero attached hydrogens (tertiary/aromatic N) is 3. The summed E-state index contributed by atoms with van der Waals surface area (Å²) in [6, 6.07) is 45.3. The molecule has 0 atom stereocenters. The topological polar surface area (TPSA) is 50.9 Å². The average Bonchev–Trinajstić information content (AvgIpc) is 3.42. The Labute approximate surface area is 254 Å². The number of aromatic nitrogens is 3. The molecule has 0 unspecified atom stereocenters. The van der Waals surface area contributed by atoms with Gasteiger partial charge in [-0.25, -0.2) is 4.98 Å². The summed E-state index contributed by atoms with van der Waals surface area (Å²) in [7, 11) is 0. The molecular formula is C36H24N3OPt-. The van der Waals surface area contributed by atoms with E-state index >= 15 is 0 Å². The van der Waals surface area contributed by atoms with E-state index in [4.69, 9.17) is 6.35 Å². The SMILES string of the molecule is [2H]c1cnc(-c2[c-]c(-c3cccc4c3nc(-c3ccccc3O)n4-c3ccccc3)ccc2)cc1-c1ccccc1.[Pt]. The molecule has 0 saturated carbocycles. The molecule has 0 aliphatic rings. The number of pyridine rings is 1. The second-order valence-corrected chi connectivity index (χ2v) is 9.49. The molecule has 2 heterocycles. The Kier molecular flexibility index (Phi) is 6.98. The van der Waals surface area contributed by atoms with Gasteiger partial charge in [0.15, 0.2) is 0 Å². The normalized spacial score (nSPS) is 11.2. The van der Waals surface area contributed by atoms with Crippen LogP contribution in [0.25, 0.3) is 61.6 Å². The van der Waals surface area contributed by atoms with Gasteiger partial charge in [-0.3, -0.25) is 9.55 Å². The van der Waals surface area contributed by atoms with Crippen LogP contribution in [0.1, 0.15) is 1.37 Å². The van der Waals surface area contributed by atoms with Crippen molar-refractivity contribution in [2.75, 3.05) is 0 Å². The van der Waals surface area contributed by atoms with Gasteiger partial charge in [-0.15, -0.1) is 29.8 Å². The maximum absolute atomic E-state index is 10.8. The van der Waals surface area contributed by atoms with Crippen LogP contribution in [0.3, 0.4) is 0 Å². The first-order valence-corrected chi connectivity index (χ1v) is 13.1. The molecule has 7 rings (SSSR count). The van der Waals surface area contributed by atoms with Crippen molar-refractivity contribution in [2.24, 2.45) is 0 Å². The van der Waals surface area contributed by atoms with E-state index in [0.29, 0.717) is 17.4 Å². The molecular weight excluding hydrogens is 685 g/mol. The van der Waals surface area contributed by atoms with Gasteiger partial charge in [-0.2, -0.15) is 0 Å². The first-order chi connectivity index (χ1) is 20.2. The van der Waals surface area contributed by atoms with Gasteiger partial charge in [0.25, 0.3) is 0 Å². The van der Waals surface area contributed by atoms with Gasteiger partial charge in [0.1, 0.15) is 11.6 Å². The number of hydrogen-bond acceptors (Lipinski definition) is 3. The van der Waals surface area contributed by atoms with Gasteiger partial charge < -0.3 is 5.11 Å². The second kappa shape index (κ2) is 11.4. The molecule has 0 aliphatic heterocycles. The molecule has 0 saturated heterocycles. The summed E-state index contributed by atoms with van der Waals surface area (Å²) in [5.41, 5.74) is 8.54. The molecule has 0 radical (unpaired) electrons. The van der Waals surface area contributed by atoms with Crippen LogP contribution in [-0.2, 0) is 21.1 Å². The van der Waals surface area contributed by atoms with E-state index in [2.05, 4.69) is 15.6 Å². The summed E-state index contributed by atoms with van der Waals surface area (Å²) in [4.78, 5) is 9.68. The number of phenols is 1. The largest absolute Gasteiger partial charge is 0.507 e. The maximum atomic E-state index is 10.8. The molecule has 0 spiro atoms. The van der Waals surface area contributed by atoms with Crippen LogP contribution < -0.4 is 0 Å². The van der Waals surface area contributed by atoms with E-state index in [1.165, 1.54) is 0 Å². The van der Waals surface area contributed by atoms with Crippen LogP contribution in [-0.4, -0.2) is 19.6 Å². The van der Waals surface area contributed by atoms with E-state index < -0.39 is 0 Å². The molecule has 2 aromatic heterocycles. The van der Waals surface area contributed by atoms with Gasteiger partial charge in [-0.05, 0) is 47.5 Å². The Morgan fingerprint density at radius 3 is 2.17 bits per heavy atom. The number of fused-ring (bicyclic) bond motifs is 1. The van der Waals surface area contributed by atoms with Crippen molar-refractivity contribution in [3.05, 3.63) is 146 Å². The van der Waals surface area contributed by atoms with E-state index in [-0.39, 0.29) is 26.8 Å². The van der Waals surface area contributed by atoms with Crippen molar-refractivity contribution >= 4 is 11.0 Å². The average molecular weight is 711 g/mol. The minimum Gasteiger partial charge on any atom is -0.507 e. The smallest absolute Gasteiger partial charge is 0.148 e.